The Morgan fingerprint density at radius 2 is 1.57 bits per heavy atom. The summed E-state index contributed by atoms with van der Waals surface area (Å²) >= 11 is 7.28. The van der Waals surface area contributed by atoms with Crippen molar-refractivity contribution < 1.29 is 0 Å². The Morgan fingerprint density at radius 1 is 1.00 bits per heavy atom. The van der Waals surface area contributed by atoms with Crippen LogP contribution in [0.4, 0.5) is 5.69 Å². The molecule has 4 heteroatoms. The molecule has 0 fully saturated rings. The molecule has 112 valence electrons. The Kier molecular flexibility index (Phi) is 5.10. The number of hydrogen-bond acceptors (Lipinski definition) is 2. The maximum absolute atomic E-state index is 4.59. The van der Waals surface area contributed by atoms with Crippen LogP contribution in [0.5, 0.6) is 0 Å². The van der Waals surface area contributed by atoms with Crippen molar-refractivity contribution in [1.29, 1.82) is 0 Å². The Hall–Kier alpha value is -0.870. The van der Waals surface area contributed by atoms with Crippen LogP contribution in [-0.2, 0) is 0 Å². The number of hydrogen-bond donors (Lipinski definition) is 1. The van der Waals surface area contributed by atoms with Gasteiger partial charge in [0.15, 0.2) is 0 Å². The molecular weight excluding hydrogens is 392 g/mol. The van der Waals surface area contributed by atoms with E-state index in [-0.39, 0.29) is 6.04 Å². The molecule has 0 bridgehead atoms. The standard InChI is InChI=1S/C17H20Br2N2/c1-9-6-14(18)17(15(19)7-9)21-13(5)16-10(2)8-11(3)20-12(16)4/h6-8,13,21H,1-5H3. The van der Waals surface area contributed by atoms with Gasteiger partial charge in [0.1, 0.15) is 0 Å². The van der Waals surface area contributed by atoms with Gasteiger partial charge in [0.25, 0.3) is 0 Å². The van der Waals surface area contributed by atoms with Crippen molar-refractivity contribution in [2.45, 2.75) is 40.7 Å². The number of nitrogens with one attached hydrogen (secondary N) is 1. The zero-order chi connectivity index (χ0) is 15.7. The topological polar surface area (TPSA) is 24.9 Å². The van der Waals surface area contributed by atoms with Gasteiger partial charge in [-0.1, -0.05) is 0 Å². The van der Waals surface area contributed by atoms with Gasteiger partial charge in [-0.15, -0.1) is 0 Å². The summed E-state index contributed by atoms with van der Waals surface area (Å²) in [5, 5.41) is 3.59. The van der Waals surface area contributed by atoms with Crippen molar-refractivity contribution in [3.8, 4) is 0 Å². The van der Waals surface area contributed by atoms with Crippen molar-refractivity contribution in [2.75, 3.05) is 5.32 Å². The van der Waals surface area contributed by atoms with Gasteiger partial charge in [-0.2, -0.15) is 0 Å². The summed E-state index contributed by atoms with van der Waals surface area (Å²) in [5.74, 6) is 0. The van der Waals surface area contributed by atoms with E-state index in [4.69, 9.17) is 0 Å². The van der Waals surface area contributed by atoms with Crippen LogP contribution in [0, 0.1) is 27.7 Å². The van der Waals surface area contributed by atoms with Crippen molar-refractivity contribution in [2.24, 2.45) is 0 Å². The van der Waals surface area contributed by atoms with Crippen LogP contribution < -0.4 is 5.32 Å². The number of halogens is 2. The second-order valence-corrected chi connectivity index (χ2v) is 7.26. The Labute approximate surface area is 143 Å². The minimum atomic E-state index is 0.188. The van der Waals surface area contributed by atoms with Crippen LogP contribution in [-0.4, -0.2) is 4.98 Å². The van der Waals surface area contributed by atoms with Gasteiger partial charge in [0.2, 0.25) is 0 Å². The highest BCUT2D eigenvalue weighted by molar-refractivity contribution is 9.11. The molecule has 0 amide bonds. The largest absolute Gasteiger partial charge is 0.377 e. The molecule has 1 atom stereocenters. The lowest BCUT2D eigenvalue weighted by molar-refractivity contribution is 0.841. The summed E-state index contributed by atoms with van der Waals surface area (Å²) in [6, 6.07) is 6.56. The molecule has 1 heterocycles. The van der Waals surface area contributed by atoms with Gasteiger partial charge in [0.05, 0.1) is 11.7 Å². The summed E-state index contributed by atoms with van der Waals surface area (Å²) in [7, 11) is 0. The highest BCUT2D eigenvalue weighted by atomic mass is 79.9. The van der Waals surface area contributed by atoms with Crippen LogP contribution in [0.15, 0.2) is 27.1 Å². The van der Waals surface area contributed by atoms with Gasteiger partial charge in [-0.3, -0.25) is 4.98 Å². The normalized spacial score (nSPS) is 12.3. The third-order valence-electron chi connectivity index (χ3n) is 3.56. The first-order valence-corrected chi connectivity index (χ1v) is 8.55. The summed E-state index contributed by atoms with van der Waals surface area (Å²) < 4.78 is 2.13. The van der Waals surface area contributed by atoms with Gasteiger partial charge < -0.3 is 5.32 Å². The van der Waals surface area contributed by atoms with E-state index in [1.807, 2.05) is 6.92 Å². The summed E-state index contributed by atoms with van der Waals surface area (Å²) in [6.45, 7) is 10.5. The van der Waals surface area contributed by atoms with E-state index in [1.165, 1.54) is 16.7 Å². The molecule has 0 spiro atoms. The van der Waals surface area contributed by atoms with E-state index in [0.717, 1.165) is 26.0 Å². The molecule has 2 aromatic rings. The second kappa shape index (κ2) is 6.49. The van der Waals surface area contributed by atoms with Gasteiger partial charge in [0, 0.05) is 20.3 Å². The number of pyridine rings is 1. The summed E-state index contributed by atoms with van der Waals surface area (Å²) in [4.78, 5) is 4.59. The summed E-state index contributed by atoms with van der Waals surface area (Å²) in [6.07, 6.45) is 0. The lowest BCUT2D eigenvalue weighted by atomic mass is 10.00. The number of benzene rings is 1. The molecule has 2 rings (SSSR count). The van der Waals surface area contributed by atoms with Crippen LogP contribution in [0.3, 0.4) is 0 Å². The highest BCUT2D eigenvalue weighted by Crippen LogP contribution is 2.35. The molecule has 21 heavy (non-hydrogen) atoms. The number of aryl methyl sites for hydroxylation is 4. The molecular formula is C17H20Br2N2. The molecule has 0 saturated carbocycles. The van der Waals surface area contributed by atoms with Crippen molar-refractivity contribution in [3.05, 3.63) is 55.2 Å². The molecule has 1 unspecified atom stereocenters. The van der Waals surface area contributed by atoms with Crippen LogP contribution in [0.1, 0.15) is 41.0 Å². The van der Waals surface area contributed by atoms with E-state index in [9.17, 15) is 0 Å². The molecule has 0 aliphatic carbocycles. The second-order valence-electron chi connectivity index (χ2n) is 5.55. The minimum Gasteiger partial charge on any atom is -0.377 e. The molecule has 0 aliphatic heterocycles. The van der Waals surface area contributed by atoms with Crippen LogP contribution >= 0.6 is 31.9 Å². The Morgan fingerprint density at radius 3 is 2.10 bits per heavy atom. The molecule has 0 radical (unpaired) electrons. The number of nitrogens with zero attached hydrogens (tertiary/aromatic N) is 1. The third kappa shape index (κ3) is 3.67. The van der Waals surface area contributed by atoms with E-state index < -0.39 is 0 Å². The van der Waals surface area contributed by atoms with E-state index in [0.29, 0.717) is 0 Å². The number of anilines is 1. The summed E-state index contributed by atoms with van der Waals surface area (Å²) in [5.41, 5.74) is 6.99. The lowest BCUT2D eigenvalue weighted by Gasteiger charge is -2.22. The Balaban J connectivity index is 2.37. The molecule has 2 nitrogen and oxygen atoms in total. The van der Waals surface area contributed by atoms with Crippen LogP contribution in [0.25, 0.3) is 0 Å². The average Bonchev–Trinajstić information content (AvgIpc) is 2.32. The maximum Gasteiger partial charge on any atom is 0.0633 e. The molecule has 1 aromatic carbocycles. The highest BCUT2D eigenvalue weighted by Gasteiger charge is 2.15. The smallest absolute Gasteiger partial charge is 0.0633 e. The molecule has 1 N–H and O–H groups in total. The zero-order valence-corrected chi connectivity index (χ0v) is 16.2. The SMILES string of the molecule is Cc1cc(Br)c(NC(C)c2c(C)cc(C)nc2C)c(Br)c1. The van der Waals surface area contributed by atoms with Crippen molar-refractivity contribution in [3.63, 3.8) is 0 Å². The quantitative estimate of drug-likeness (QED) is 0.668. The zero-order valence-electron chi connectivity index (χ0n) is 13.0. The first-order chi connectivity index (χ1) is 9.79. The lowest BCUT2D eigenvalue weighted by Crippen LogP contribution is -2.12. The van der Waals surface area contributed by atoms with Crippen molar-refractivity contribution >= 4 is 37.5 Å². The molecule has 0 saturated heterocycles. The monoisotopic (exact) mass is 410 g/mol. The average molecular weight is 412 g/mol. The van der Waals surface area contributed by atoms with E-state index >= 15 is 0 Å². The van der Waals surface area contributed by atoms with E-state index in [2.05, 4.69) is 88.1 Å². The molecule has 0 aliphatic rings. The van der Waals surface area contributed by atoms with Gasteiger partial charge in [-0.25, -0.2) is 0 Å². The Bertz CT molecular complexity index is 634. The minimum absolute atomic E-state index is 0.188. The van der Waals surface area contributed by atoms with Crippen LogP contribution in [0.2, 0.25) is 0 Å². The van der Waals surface area contributed by atoms with E-state index in [1.54, 1.807) is 0 Å². The fourth-order valence-corrected chi connectivity index (χ4v) is 4.46. The fraction of sp³-hybridized carbons (Fsp3) is 0.353. The first kappa shape index (κ1) is 16.5. The van der Waals surface area contributed by atoms with Crippen molar-refractivity contribution in [1.82, 2.24) is 4.98 Å². The number of rotatable bonds is 3. The van der Waals surface area contributed by atoms with Gasteiger partial charge >= 0.3 is 0 Å². The van der Waals surface area contributed by atoms with Gasteiger partial charge in [-0.05, 0) is 101 Å². The predicted molar refractivity (Wildman–Crippen MR) is 97.1 cm³/mol. The number of aromatic nitrogens is 1. The predicted octanol–water partition coefficient (Wildman–Crippen LogP) is 6.01. The first-order valence-electron chi connectivity index (χ1n) is 6.96. The molecule has 1 aromatic heterocycles. The maximum atomic E-state index is 4.59. The fourth-order valence-electron chi connectivity index (χ4n) is 2.81. The third-order valence-corrected chi connectivity index (χ3v) is 4.82.